The largest absolute Gasteiger partial charge is 0.325 e. The first-order valence-corrected chi connectivity index (χ1v) is 8.53. The standard InChI is InChI=1S/C16H19BrN2O2/c17-10-13(12-6-2-1-3-7-12)11-19-14(20)16(18-15(19)21)8-4-5-9-16/h1-3,6-7,13H,4-5,8-11H2,(H,18,21). The summed E-state index contributed by atoms with van der Waals surface area (Å²) in [7, 11) is 0. The Bertz CT molecular complexity index is 540. The van der Waals surface area contributed by atoms with E-state index in [1.165, 1.54) is 4.90 Å². The van der Waals surface area contributed by atoms with Gasteiger partial charge in [0.2, 0.25) is 0 Å². The second-order valence-corrected chi connectivity index (χ2v) is 6.54. The van der Waals surface area contributed by atoms with Crippen molar-refractivity contribution in [2.45, 2.75) is 37.1 Å². The van der Waals surface area contributed by atoms with Crippen LogP contribution in [0.25, 0.3) is 0 Å². The molecule has 5 heteroatoms. The molecular formula is C16H19BrN2O2. The fourth-order valence-electron chi connectivity index (χ4n) is 3.35. The maximum atomic E-state index is 12.6. The first-order valence-electron chi connectivity index (χ1n) is 7.41. The van der Waals surface area contributed by atoms with E-state index in [9.17, 15) is 9.59 Å². The molecule has 1 aromatic carbocycles. The number of carbonyl (C=O) groups excluding carboxylic acids is 2. The van der Waals surface area contributed by atoms with Gasteiger partial charge in [-0.3, -0.25) is 9.69 Å². The fraction of sp³-hybridized carbons (Fsp3) is 0.500. The van der Waals surface area contributed by atoms with Crippen molar-refractivity contribution in [1.29, 1.82) is 0 Å². The van der Waals surface area contributed by atoms with Crippen molar-refractivity contribution >= 4 is 27.9 Å². The topological polar surface area (TPSA) is 49.4 Å². The van der Waals surface area contributed by atoms with Crippen molar-refractivity contribution in [2.75, 3.05) is 11.9 Å². The number of amides is 3. The molecule has 1 saturated heterocycles. The molecule has 1 aliphatic heterocycles. The van der Waals surface area contributed by atoms with Gasteiger partial charge in [0.25, 0.3) is 5.91 Å². The zero-order chi connectivity index (χ0) is 14.9. The van der Waals surface area contributed by atoms with Gasteiger partial charge in [-0.15, -0.1) is 0 Å². The number of hydrogen-bond donors (Lipinski definition) is 1. The SMILES string of the molecule is O=C1NC2(CCCC2)C(=O)N1CC(CBr)c1ccccc1. The minimum atomic E-state index is -0.607. The molecule has 1 atom stereocenters. The third kappa shape index (κ3) is 2.59. The summed E-state index contributed by atoms with van der Waals surface area (Å²) in [4.78, 5) is 26.3. The summed E-state index contributed by atoms with van der Waals surface area (Å²) in [5, 5.41) is 3.66. The molecule has 1 aromatic rings. The molecule has 1 heterocycles. The van der Waals surface area contributed by atoms with Crippen LogP contribution < -0.4 is 5.32 Å². The zero-order valence-electron chi connectivity index (χ0n) is 11.8. The second-order valence-electron chi connectivity index (χ2n) is 5.90. The molecule has 0 aromatic heterocycles. The van der Waals surface area contributed by atoms with Gasteiger partial charge in [0.15, 0.2) is 0 Å². The van der Waals surface area contributed by atoms with Crippen LogP contribution >= 0.6 is 15.9 Å². The highest BCUT2D eigenvalue weighted by molar-refractivity contribution is 9.09. The van der Waals surface area contributed by atoms with Crippen LogP contribution in [0.4, 0.5) is 4.79 Å². The normalized spacial score (nSPS) is 21.9. The Balaban J connectivity index is 1.77. The third-order valence-electron chi connectivity index (χ3n) is 4.56. The monoisotopic (exact) mass is 350 g/mol. The average molecular weight is 351 g/mol. The van der Waals surface area contributed by atoms with Crippen molar-refractivity contribution in [2.24, 2.45) is 0 Å². The molecule has 1 spiro atoms. The van der Waals surface area contributed by atoms with Gasteiger partial charge < -0.3 is 5.32 Å². The number of imide groups is 1. The predicted octanol–water partition coefficient (Wildman–Crippen LogP) is 3.03. The highest BCUT2D eigenvalue weighted by Crippen LogP contribution is 2.36. The lowest BCUT2D eigenvalue weighted by molar-refractivity contribution is -0.131. The smallest absolute Gasteiger partial charge is 0.323 e. The molecule has 1 saturated carbocycles. The number of nitrogens with zero attached hydrogens (tertiary/aromatic N) is 1. The van der Waals surface area contributed by atoms with E-state index in [1.54, 1.807) is 0 Å². The Morgan fingerprint density at radius 2 is 1.86 bits per heavy atom. The van der Waals surface area contributed by atoms with Gasteiger partial charge in [-0.25, -0.2) is 4.79 Å². The second kappa shape index (κ2) is 5.79. The predicted molar refractivity (Wildman–Crippen MR) is 84.4 cm³/mol. The molecule has 21 heavy (non-hydrogen) atoms. The number of rotatable bonds is 4. The maximum absolute atomic E-state index is 12.6. The lowest BCUT2D eigenvalue weighted by Crippen LogP contribution is -2.44. The van der Waals surface area contributed by atoms with Crippen LogP contribution in [0.3, 0.4) is 0 Å². The summed E-state index contributed by atoms with van der Waals surface area (Å²) in [6, 6.07) is 9.77. The molecule has 0 radical (unpaired) electrons. The number of nitrogens with one attached hydrogen (secondary N) is 1. The molecule has 2 fully saturated rings. The summed E-state index contributed by atoms with van der Waals surface area (Å²) in [6.07, 6.45) is 3.58. The summed E-state index contributed by atoms with van der Waals surface area (Å²) in [5.74, 6) is 0.0873. The van der Waals surface area contributed by atoms with E-state index in [2.05, 4.69) is 21.2 Å². The molecule has 1 aliphatic carbocycles. The minimum Gasteiger partial charge on any atom is -0.323 e. The fourth-order valence-corrected chi connectivity index (χ4v) is 3.93. The number of alkyl halides is 1. The van der Waals surface area contributed by atoms with E-state index in [1.807, 2.05) is 30.3 Å². The number of urea groups is 1. The summed E-state index contributed by atoms with van der Waals surface area (Å²) in [5.41, 5.74) is 0.535. The van der Waals surface area contributed by atoms with E-state index in [-0.39, 0.29) is 17.9 Å². The van der Waals surface area contributed by atoms with E-state index in [0.29, 0.717) is 6.54 Å². The first kappa shape index (κ1) is 14.6. The Morgan fingerprint density at radius 1 is 1.19 bits per heavy atom. The summed E-state index contributed by atoms with van der Waals surface area (Å²) >= 11 is 3.51. The highest BCUT2D eigenvalue weighted by atomic mass is 79.9. The number of carbonyl (C=O) groups is 2. The average Bonchev–Trinajstić information content (AvgIpc) is 3.06. The molecular weight excluding hydrogens is 332 g/mol. The molecule has 1 unspecified atom stereocenters. The van der Waals surface area contributed by atoms with E-state index in [0.717, 1.165) is 36.6 Å². The highest BCUT2D eigenvalue weighted by Gasteiger charge is 2.52. The van der Waals surface area contributed by atoms with Gasteiger partial charge in [-0.05, 0) is 18.4 Å². The van der Waals surface area contributed by atoms with Crippen molar-refractivity contribution < 1.29 is 9.59 Å². The maximum Gasteiger partial charge on any atom is 0.325 e. The molecule has 2 aliphatic rings. The molecule has 0 bridgehead atoms. The van der Waals surface area contributed by atoms with Crippen LogP contribution in [0, 0.1) is 0 Å². The third-order valence-corrected chi connectivity index (χ3v) is 5.34. The van der Waals surface area contributed by atoms with Gasteiger partial charge in [0.05, 0.1) is 0 Å². The zero-order valence-corrected chi connectivity index (χ0v) is 13.4. The minimum absolute atomic E-state index is 0.0353. The lowest BCUT2D eigenvalue weighted by Gasteiger charge is -2.23. The molecule has 3 amide bonds. The Kier molecular flexibility index (Phi) is 4.02. The van der Waals surface area contributed by atoms with Crippen molar-refractivity contribution in [3.8, 4) is 0 Å². The Labute approximate surface area is 133 Å². The van der Waals surface area contributed by atoms with Gasteiger partial charge in [-0.1, -0.05) is 59.1 Å². The van der Waals surface area contributed by atoms with E-state index >= 15 is 0 Å². The van der Waals surface area contributed by atoms with Crippen molar-refractivity contribution in [1.82, 2.24) is 10.2 Å². The van der Waals surface area contributed by atoms with Gasteiger partial charge in [0.1, 0.15) is 5.54 Å². The van der Waals surface area contributed by atoms with Crippen LogP contribution in [-0.2, 0) is 4.79 Å². The van der Waals surface area contributed by atoms with Crippen LogP contribution in [0.15, 0.2) is 30.3 Å². The Morgan fingerprint density at radius 3 is 2.48 bits per heavy atom. The molecule has 3 rings (SSSR count). The molecule has 4 nitrogen and oxygen atoms in total. The van der Waals surface area contributed by atoms with E-state index in [4.69, 9.17) is 0 Å². The van der Waals surface area contributed by atoms with Crippen LogP contribution in [-0.4, -0.2) is 34.3 Å². The first-order chi connectivity index (χ1) is 10.2. The summed E-state index contributed by atoms with van der Waals surface area (Å²) in [6.45, 7) is 0.432. The molecule has 1 N–H and O–H groups in total. The van der Waals surface area contributed by atoms with Crippen LogP contribution in [0.1, 0.15) is 37.2 Å². The van der Waals surface area contributed by atoms with Crippen molar-refractivity contribution in [3.63, 3.8) is 0 Å². The van der Waals surface area contributed by atoms with E-state index < -0.39 is 5.54 Å². The number of benzene rings is 1. The van der Waals surface area contributed by atoms with Crippen molar-refractivity contribution in [3.05, 3.63) is 35.9 Å². The summed E-state index contributed by atoms with van der Waals surface area (Å²) < 4.78 is 0. The van der Waals surface area contributed by atoms with Gasteiger partial charge in [-0.2, -0.15) is 0 Å². The van der Waals surface area contributed by atoms with Gasteiger partial charge >= 0.3 is 6.03 Å². The Hall–Kier alpha value is -1.36. The van der Waals surface area contributed by atoms with Crippen LogP contribution in [0.2, 0.25) is 0 Å². The number of hydrogen-bond acceptors (Lipinski definition) is 2. The lowest BCUT2D eigenvalue weighted by atomic mass is 9.96. The molecule has 112 valence electrons. The van der Waals surface area contributed by atoms with Gasteiger partial charge in [0, 0.05) is 17.8 Å². The quantitative estimate of drug-likeness (QED) is 0.670. The van der Waals surface area contributed by atoms with Crippen LogP contribution in [0.5, 0.6) is 0 Å². The number of halogens is 1.